The van der Waals surface area contributed by atoms with E-state index in [4.69, 9.17) is 21.3 Å². The van der Waals surface area contributed by atoms with Crippen molar-refractivity contribution in [3.63, 3.8) is 0 Å². The number of nitrogens with zero attached hydrogens (tertiary/aromatic N) is 2. The van der Waals surface area contributed by atoms with Gasteiger partial charge in [-0.1, -0.05) is 0 Å². The quantitative estimate of drug-likeness (QED) is 0.467. The average molecular weight is 256 g/mol. The van der Waals surface area contributed by atoms with Crippen LogP contribution in [0.4, 0.5) is 5.82 Å². The number of hydrogen-bond donors (Lipinski definition) is 4. The molecule has 2 rings (SSSR count). The van der Waals surface area contributed by atoms with Gasteiger partial charge in [0, 0.05) is 11.8 Å². The van der Waals surface area contributed by atoms with Crippen LogP contribution in [0.2, 0.25) is 0 Å². The molecular formula is C10H16N4O4. The summed E-state index contributed by atoms with van der Waals surface area (Å²) in [7, 11) is 0. The highest BCUT2D eigenvalue weighted by Crippen LogP contribution is 2.26. The molecule has 8 heteroatoms. The third-order valence-electron chi connectivity index (χ3n) is 3.05. The van der Waals surface area contributed by atoms with Gasteiger partial charge < -0.3 is 26.4 Å². The number of nitrogens with two attached hydrogens (primary N) is 2. The minimum absolute atomic E-state index is 0.141. The highest BCUT2D eigenvalue weighted by Gasteiger charge is 2.42. The van der Waals surface area contributed by atoms with E-state index < -0.39 is 30.2 Å². The van der Waals surface area contributed by atoms with Crippen molar-refractivity contribution in [3.8, 4) is 0 Å². The summed E-state index contributed by atoms with van der Waals surface area (Å²) in [5.41, 5.74) is 11.3. The lowest BCUT2D eigenvalue weighted by molar-refractivity contribution is -0.0464. The molecule has 1 aliphatic heterocycles. The summed E-state index contributed by atoms with van der Waals surface area (Å²) in [5, 5.41) is 18.8. The number of anilines is 1. The second-order valence-electron chi connectivity index (χ2n) is 4.31. The summed E-state index contributed by atoms with van der Waals surface area (Å²) in [6.45, 7) is 1.32. The maximum Gasteiger partial charge on any atom is 0.351 e. The lowest BCUT2D eigenvalue weighted by atomic mass is 10.1. The molecule has 0 aromatic carbocycles. The fourth-order valence-corrected chi connectivity index (χ4v) is 1.93. The van der Waals surface area contributed by atoms with Crippen LogP contribution in [0.25, 0.3) is 0 Å². The molecule has 1 fully saturated rings. The van der Waals surface area contributed by atoms with Gasteiger partial charge in [-0.2, -0.15) is 4.98 Å². The maximum absolute atomic E-state index is 11.7. The molecule has 0 radical (unpaired) electrons. The first-order valence-electron chi connectivity index (χ1n) is 5.51. The Morgan fingerprint density at radius 2 is 2.28 bits per heavy atom. The van der Waals surface area contributed by atoms with Crippen LogP contribution < -0.4 is 17.2 Å². The van der Waals surface area contributed by atoms with Crippen LogP contribution in [0, 0.1) is 6.92 Å². The van der Waals surface area contributed by atoms with Crippen molar-refractivity contribution < 1.29 is 14.9 Å². The molecule has 8 nitrogen and oxygen atoms in total. The number of aliphatic hydroxyl groups is 2. The minimum Gasteiger partial charge on any atom is -0.394 e. The second kappa shape index (κ2) is 4.65. The van der Waals surface area contributed by atoms with Crippen molar-refractivity contribution in [1.82, 2.24) is 9.55 Å². The molecule has 6 N–H and O–H groups in total. The first-order valence-corrected chi connectivity index (χ1v) is 5.51. The van der Waals surface area contributed by atoms with Crippen molar-refractivity contribution in [2.45, 2.75) is 31.4 Å². The van der Waals surface area contributed by atoms with E-state index in [9.17, 15) is 9.90 Å². The molecule has 2 heterocycles. The first-order chi connectivity index (χ1) is 8.45. The zero-order chi connectivity index (χ0) is 13.4. The molecule has 0 amide bonds. The van der Waals surface area contributed by atoms with Crippen molar-refractivity contribution in [2.24, 2.45) is 5.73 Å². The number of aliphatic hydroxyl groups excluding tert-OH is 2. The third kappa shape index (κ3) is 1.99. The lowest BCUT2D eigenvalue weighted by Crippen LogP contribution is -2.42. The Morgan fingerprint density at radius 3 is 2.83 bits per heavy atom. The molecular weight excluding hydrogens is 240 g/mol. The molecule has 1 aromatic rings. The standard InChI is InChI=1S/C10H16N4O4/c1-4-2-14(10(17)13-8(4)12)9-6(11)7(16)5(3-15)18-9/h2,5-7,9,15-16H,3,11H2,1H3,(H2,12,13,17)/t5-,6?,7?,9-/m1/s1. The van der Waals surface area contributed by atoms with Crippen LogP contribution in [0.5, 0.6) is 0 Å². The molecule has 2 unspecified atom stereocenters. The molecule has 0 spiro atoms. The number of nitrogen functional groups attached to an aromatic ring is 1. The summed E-state index contributed by atoms with van der Waals surface area (Å²) < 4.78 is 6.53. The largest absolute Gasteiger partial charge is 0.394 e. The Hall–Kier alpha value is -1.48. The molecule has 0 aliphatic carbocycles. The Bertz CT molecular complexity index is 503. The van der Waals surface area contributed by atoms with E-state index in [0.29, 0.717) is 5.56 Å². The molecule has 18 heavy (non-hydrogen) atoms. The highest BCUT2D eigenvalue weighted by atomic mass is 16.5. The summed E-state index contributed by atoms with van der Waals surface area (Å²) in [6, 6.07) is -0.815. The predicted octanol–water partition coefficient (Wildman–Crippen LogP) is -2.29. The normalized spacial score (nSPS) is 31.8. The molecule has 4 atom stereocenters. The van der Waals surface area contributed by atoms with Crippen LogP contribution >= 0.6 is 0 Å². The van der Waals surface area contributed by atoms with Crippen LogP contribution in [0.15, 0.2) is 11.0 Å². The van der Waals surface area contributed by atoms with E-state index in [1.54, 1.807) is 6.92 Å². The molecule has 1 aliphatic rings. The number of aryl methyl sites for hydroxylation is 1. The van der Waals surface area contributed by atoms with Gasteiger partial charge in [0.2, 0.25) is 0 Å². The maximum atomic E-state index is 11.7. The van der Waals surface area contributed by atoms with Crippen molar-refractivity contribution >= 4 is 5.82 Å². The molecule has 0 bridgehead atoms. The van der Waals surface area contributed by atoms with Gasteiger partial charge in [-0.15, -0.1) is 0 Å². The second-order valence-corrected chi connectivity index (χ2v) is 4.31. The zero-order valence-electron chi connectivity index (χ0n) is 9.85. The van der Waals surface area contributed by atoms with E-state index in [0.717, 1.165) is 0 Å². The van der Waals surface area contributed by atoms with Gasteiger partial charge in [0.1, 0.15) is 18.0 Å². The highest BCUT2D eigenvalue weighted by molar-refractivity contribution is 5.35. The first kappa shape index (κ1) is 13.0. The molecule has 1 aromatic heterocycles. The van der Waals surface area contributed by atoms with Crippen LogP contribution in [0.3, 0.4) is 0 Å². The Balaban J connectivity index is 2.39. The van der Waals surface area contributed by atoms with Crippen molar-refractivity contribution in [3.05, 3.63) is 22.2 Å². The van der Waals surface area contributed by atoms with Gasteiger partial charge in [-0.3, -0.25) is 4.57 Å². The SMILES string of the molecule is Cc1cn([C@@H]2O[C@H](CO)C(O)C2N)c(=O)nc1N. The van der Waals surface area contributed by atoms with Gasteiger partial charge in [0.15, 0.2) is 6.23 Å². The smallest absolute Gasteiger partial charge is 0.351 e. The summed E-state index contributed by atoms with van der Waals surface area (Å²) >= 11 is 0. The van der Waals surface area contributed by atoms with Gasteiger partial charge in [-0.25, -0.2) is 4.79 Å². The van der Waals surface area contributed by atoms with E-state index in [2.05, 4.69) is 4.98 Å². The van der Waals surface area contributed by atoms with Gasteiger partial charge in [0.05, 0.1) is 12.6 Å². The number of ether oxygens (including phenoxy) is 1. The van der Waals surface area contributed by atoms with Gasteiger partial charge in [0.25, 0.3) is 0 Å². The number of aromatic nitrogens is 2. The lowest BCUT2D eigenvalue weighted by Gasteiger charge is -2.18. The average Bonchev–Trinajstić information content (AvgIpc) is 2.61. The fourth-order valence-electron chi connectivity index (χ4n) is 1.93. The molecule has 100 valence electrons. The Kier molecular flexibility index (Phi) is 3.35. The van der Waals surface area contributed by atoms with Gasteiger partial charge >= 0.3 is 5.69 Å². The predicted molar refractivity (Wildman–Crippen MR) is 62.6 cm³/mol. The number of rotatable bonds is 2. The summed E-state index contributed by atoms with van der Waals surface area (Å²) in [6.07, 6.45) is -1.24. The van der Waals surface area contributed by atoms with Crippen molar-refractivity contribution in [2.75, 3.05) is 12.3 Å². The van der Waals surface area contributed by atoms with E-state index in [-0.39, 0.29) is 12.4 Å². The molecule has 0 saturated carbocycles. The summed E-state index contributed by atoms with van der Waals surface area (Å²) in [5.74, 6) is 0.141. The van der Waals surface area contributed by atoms with E-state index in [1.807, 2.05) is 0 Å². The van der Waals surface area contributed by atoms with Crippen LogP contribution in [-0.4, -0.2) is 44.6 Å². The van der Waals surface area contributed by atoms with Crippen molar-refractivity contribution in [1.29, 1.82) is 0 Å². The van der Waals surface area contributed by atoms with E-state index in [1.165, 1.54) is 10.8 Å². The minimum atomic E-state index is -1.04. The summed E-state index contributed by atoms with van der Waals surface area (Å²) in [4.78, 5) is 15.4. The van der Waals surface area contributed by atoms with Crippen LogP contribution in [-0.2, 0) is 4.74 Å². The monoisotopic (exact) mass is 256 g/mol. The van der Waals surface area contributed by atoms with Crippen LogP contribution in [0.1, 0.15) is 11.8 Å². The van der Waals surface area contributed by atoms with Gasteiger partial charge in [-0.05, 0) is 6.92 Å². The number of hydrogen-bond acceptors (Lipinski definition) is 7. The third-order valence-corrected chi connectivity index (χ3v) is 3.05. The Labute approximate surface area is 103 Å². The topological polar surface area (TPSA) is 137 Å². The fraction of sp³-hybridized carbons (Fsp3) is 0.600. The molecule has 1 saturated heterocycles. The van der Waals surface area contributed by atoms with E-state index >= 15 is 0 Å². The Morgan fingerprint density at radius 1 is 1.61 bits per heavy atom. The zero-order valence-corrected chi connectivity index (χ0v) is 9.85.